The summed E-state index contributed by atoms with van der Waals surface area (Å²) in [6.07, 6.45) is 0.652. The molecule has 106 valence electrons. The molecule has 0 aliphatic carbocycles. The highest BCUT2D eigenvalue weighted by Crippen LogP contribution is 2.26. The van der Waals surface area contributed by atoms with Crippen molar-refractivity contribution in [1.82, 2.24) is 9.97 Å². The average molecular weight is 330 g/mol. The summed E-state index contributed by atoms with van der Waals surface area (Å²) in [5.74, 6) is 1.81. The third-order valence-electron chi connectivity index (χ3n) is 3.22. The van der Waals surface area contributed by atoms with E-state index in [-0.39, 0.29) is 5.92 Å². The summed E-state index contributed by atoms with van der Waals surface area (Å²) in [4.78, 5) is 8.95. The molecule has 6 heteroatoms. The van der Waals surface area contributed by atoms with E-state index in [0.29, 0.717) is 26.2 Å². The molecule has 1 fully saturated rings. The van der Waals surface area contributed by atoms with Gasteiger partial charge in [0.05, 0.1) is 16.8 Å². The van der Waals surface area contributed by atoms with Gasteiger partial charge < -0.3 is 15.2 Å². The zero-order valence-electron chi connectivity index (χ0n) is 11.5. The first-order valence-corrected chi connectivity index (χ1v) is 7.28. The maximum atomic E-state index is 10.2. The van der Waals surface area contributed by atoms with E-state index in [1.165, 1.54) is 0 Å². The van der Waals surface area contributed by atoms with Crippen LogP contribution in [-0.4, -0.2) is 40.4 Å². The standard InChI is InChI=1S/C13H20BrN3O2/c1-8(2)11-16-9(3)10(14)12(17-11)15-6-13(18)4-5-19-7-13/h8,18H,4-7H2,1-3H3,(H,15,16,17). The van der Waals surface area contributed by atoms with Gasteiger partial charge in [0, 0.05) is 25.5 Å². The number of nitrogens with zero attached hydrogens (tertiary/aromatic N) is 2. The van der Waals surface area contributed by atoms with Crippen molar-refractivity contribution in [3.05, 3.63) is 16.0 Å². The first-order chi connectivity index (χ1) is 8.91. The minimum absolute atomic E-state index is 0.269. The molecule has 1 aromatic rings. The lowest BCUT2D eigenvalue weighted by atomic mass is 10.0. The number of aromatic nitrogens is 2. The highest BCUT2D eigenvalue weighted by atomic mass is 79.9. The minimum atomic E-state index is -0.795. The molecule has 2 N–H and O–H groups in total. The Balaban J connectivity index is 2.15. The van der Waals surface area contributed by atoms with Crippen molar-refractivity contribution in [2.24, 2.45) is 0 Å². The molecule has 19 heavy (non-hydrogen) atoms. The fraction of sp³-hybridized carbons (Fsp3) is 0.692. The molecule has 0 amide bonds. The number of hydrogen-bond donors (Lipinski definition) is 2. The Hall–Kier alpha value is -0.720. The van der Waals surface area contributed by atoms with Crippen LogP contribution in [-0.2, 0) is 4.74 Å². The molecule has 1 aliphatic rings. The number of hydrogen-bond acceptors (Lipinski definition) is 5. The van der Waals surface area contributed by atoms with E-state index in [1.807, 2.05) is 6.92 Å². The number of aryl methyl sites for hydroxylation is 1. The van der Waals surface area contributed by atoms with E-state index in [0.717, 1.165) is 21.8 Å². The van der Waals surface area contributed by atoms with Gasteiger partial charge in [-0.25, -0.2) is 9.97 Å². The quantitative estimate of drug-likeness (QED) is 0.886. The number of anilines is 1. The summed E-state index contributed by atoms with van der Waals surface area (Å²) < 4.78 is 6.08. The highest BCUT2D eigenvalue weighted by Gasteiger charge is 2.32. The minimum Gasteiger partial charge on any atom is -0.386 e. The Morgan fingerprint density at radius 1 is 1.47 bits per heavy atom. The molecule has 5 nitrogen and oxygen atoms in total. The zero-order valence-corrected chi connectivity index (χ0v) is 13.1. The molecule has 1 unspecified atom stereocenters. The highest BCUT2D eigenvalue weighted by molar-refractivity contribution is 9.10. The van der Waals surface area contributed by atoms with Gasteiger partial charge in [-0.15, -0.1) is 0 Å². The van der Waals surface area contributed by atoms with E-state index < -0.39 is 5.60 Å². The Bertz CT molecular complexity index is 459. The summed E-state index contributed by atoms with van der Waals surface area (Å²) >= 11 is 3.49. The largest absolute Gasteiger partial charge is 0.386 e. The Morgan fingerprint density at radius 2 is 2.21 bits per heavy atom. The second kappa shape index (κ2) is 5.73. The van der Waals surface area contributed by atoms with Gasteiger partial charge in [-0.1, -0.05) is 13.8 Å². The fourth-order valence-electron chi connectivity index (χ4n) is 1.94. The number of rotatable bonds is 4. The zero-order chi connectivity index (χ0) is 14.0. The maximum Gasteiger partial charge on any atom is 0.144 e. The molecule has 0 spiro atoms. The van der Waals surface area contributed by atoms with Gasteiger partial charge in [0.1, 0.15) is 17.2 Å². The third-order valence-corrected chi connectivity index (χ3v) is 4.17. The summed E-state index contributed by atoms with van der Waals surface area (Å²) in [7, 11) is 0. The molecule has 0 radical (unpaired) electrons. The van der Waals surface area contributed by atoms with Gasteiger partial charge in [-0.3, -0.25) is 0 Å². The predicted molar refractivity (Wildman–Crippen MR) is 77.4 cm³/mol. The van der Waals surface area contributed by atoms with Crippen LogP contribution in [0.1, 0.15) is 37.7 Å². The SMILES string of the molecule is Cc1nc(C(C)C)nc(NCC2(O)CCOC2)c1Br. The molecule has 1 atom stereocenters. The van der Waals surface area contributed by atoms with Crippen molar-refractivity contribution >= 4 is 21.7 Å². The van der Waals surface area contributed by atoms with E-state index in [9.17, 15) is 5.11 Å². The number of nitrogens with one attached hydrogen (secondary N) is 1. The van der Waals surface area contributed by atoms with Gasteiger partial charge in [-0.2, -0.15) is 0 Å². The molecule has 0 aromatic carbocycles. The van der Waals surface area contributed by atoms with Crippen LogP contribution in [0.2, 0.25) is 0 Å². The first-order valence-electron chi connectivity index (χ1n) is 6.49. The Morgan fingerprint density at radius 3 is 2.79 bits per heavy atom. The van der Waals surface area contributed by atoms with E-state index in [4.69, 9.17) is 4.74 Å². The summed E-state index contributed by atoms with van der Waals surface area (Å²) in [6, 6.07) is 0. The molecule has 0 bridgehead atoms. The summed E-state index contributed by atoms with van der Waals surface area (Å²) in [5, 5.41) is 13.4. The lowest BCUT2D eigenvalue weighted by Crippen LogP contribution is -2.37. The van der Waals surface area contributed by atoms with Gasteiger partial charge in [-0.05, 0) is 22.9 Å². The van der Waals surface area contributed by atoms with Gasteiger partial charge in [0.2, 0.25) is 0 Å². The van der Waals surface area contributed by atoms with E-state index in [1.54, 1.807) is 0 Å². The smallest absolute Gasteiger partial charge is 0.144 e. The Kier molecular flexibility index (Phi) is 4.43. The van der Waals surface area contributed by atoms with E-state index >= 15 is 0 Å². The van der Waals surface area contributed by atoms with Crippen molar-refractivity contribution in [3.63, 3.8) is 0 Å². The number of aliphatic hydroxyl groups is 1. The van der Waals surface area contributed by atoms with Crippen molar-refractivity contribution < 1.29 is 9.84 Å². The van der Waals surface area contributed by atoms with Gasteiger partial charge in [0.25, 0.3) is 0 Å². The maximum absolute atomic E-state index is 10.2. The number of halogens is 1. The van der Waals surface area contributed by atoms with Crippen LogP contribution in [0.25, 0.3) is 0 Å². The van der Waals surface area contributed by atoms with Crippen molar-refractivity contribution in [2.45, 2.75) is 38.7 Å². The molecule has 1 aromatic heterocycles. The molecular formula is C13H20BrN3O2. The average Bonchev–Trinajstić information content (AvgIpc) is 2.78. The normalized spacial score (nSPS) is 23.1. The van der Waals surface area contributed by atoms with Gasteiger partial charge >= 0.3 is 0 Å². The summed E-state index contributed by atoms with van der Waals surface area (Å²) in [6.45, 7) is 7.48. The molecule has 2 rings (SSSR count). The second-order valence-corrected chi connectivity index (χ2v) is 6.16. The monoisotopic (exact) mass is 329 g/mol. The molecule has 1 aliphatic heterocycles. The van der Waals surface area contributed by atoms with Crippen LogP contribution in [0, 0.1) is 6.92 Å². The Labute approximate surface area is 121 Å². The van der Waals surface area contributed by atoms with Crippen molar-refractivity contribution in [2.75, 3.05) is 25.1 Å². The van der Waals surface area contributed by atoms with Crippen LogP contribution >= 0.6 is 15.9 Å². The predicted octanol–water partition coefficient (Wildman–Crippen LogP) is 2.23. The van der Waals surface area contributed by atoms with Crippen molar-refractivity contribution in [3.8, 4) is 0 Å². The van der Waals surface area contributed by atoms with Gasteiger partial charge in [0.15, 0.2) is 0 Å². The van der Waals surface area contributed by atoms with Crippen LogP contribution in [0.4, 0.5) is 5.82 Å². The van der Waals surface area contributed by atoms with Crippen LogP contribution < -0.4 is 5.32 Å². The molecule has 0 saturated carbocycles. The van der Waals surface area contributed by atoms with Crippen LogP contribution in [0.3, 0.4) is 0 Å². The summed E-state index contributed by atoms with van der Waals surface area (Å²) in [5.41, 5.74) is 0.104. The first kappa shape index (κ1) is 14.7. The number of ether oxygens (including phenoxy) is 1. The van der Waals surface area contributed by atoms with Crippen molar-refractivity contribution in [1.29, 1.82) is 0 Å². The fourth-order valence-corrected chi connectivity index (χ4v) is 2.26. The molecular weight excluding hydrogens is 310 g/mol. The molecule has 1 saturated heterocycles. The van der Waals surface area contributed by atoms with Crippen LogP contribution in [0.15, 0.2) is 4.47 Å². The van der Waals surface area contributed by atoms with E-state index in [2.05, 4.69) is 45.1 Å². The second-order valence-electron chi connectivity index (χ2n) is 5.36. The molecule has 2 heterocycles. The lowest BCUT2D eigenvalue weighted by molar-refractivity contribution is 0.0381. The lowest BCUT2D eigenvalue weighted by Gasteiger charge is -2.22. The van der Waals surface area contributed by atoms with Crippen LogP contribution in [0.5, 0.6) is 0 Å². The third kappa shape index (κ3) is 3.43. The topological polar surface area (TPSA) is 67.3 Å².